The Labute approximate surface area is 277 Å². The minimum Gasteiger partial charge on any atom is -0.458 e. The zero-order valence-corrected chi connectivity index (χ0v) is 30.7. The van der Waals surface area contributed by atoms with Gasteiger partial charge in [-0.1, -0.05) is 0 Å². The molecule has 0 spiro atoms. The van der Waals surface area contributed by atoms with Crippen LogP contribution in [0.4, 0.5) is 9.59 Å². The molecule has 13 nitrogen and oxygen atoms in total. The third kappa shape index (κ3) is 16.4. The smallest absolute Gasteiger partial charge is 0.421 e. The lowest BCUT2D eigenvalue weighted by molar-refractivity contribution is -0.192. The zero-order chi connectivity index (χ0) is 36.0. The van der Waals surface area contributed by atoms with Crippen molar-refractivity contribution in [2.75, 3.05) is 39.3 Å². The third-order valence-corrected chi connectivity index (χ3v) is 6.18. The summed E-state index contributed by atoms with van der Waals surface area (Å²) in [6.45, 7) is 22.5. The number of nitrogens with zero attached hydrogens (tertiary/aromatic N) is 1. The lowest BCUT2D eigenvalue weighted by atomic mass is 9.78. The molecule has 0 fully saturated rings. The standard InChI is InChI=1S/C33H65N5O8/c1-29(2,3)43-25(39)33(26(40)44-30(4,5)6,38(27(41)45-31(7,8)9)28(42)46-32(10,11)12)24(17-15-18-34)23-37-21-14-13-20-36-22-16-19-35/h24,36-37H,13-23,34-35H2,1-12H3. The highest BCUT2D eigenvalue weighted by Crippen LogP contribution is 2.37. The van der Waals surface area contributed by atoms with Gasteiger partial charge in [-0.15, -0.1) is 0 Å². The van der Waals surface area contributed by atoms with E-state index in [0.717, 1.165) is 32.4 Å². The summed E-state index contributed by atoms with van der Waals surface area (Å²) >= 11 is 0. The molecule has 270 valence electrons. The van der Waals surface area contributed by atoms with Crippen LogP contribution in [0, 0.1) is 5.92 Å². The molecule has 0 aromatic heterocycles. The number of nitrogens with one attached hydrogen (secondary N) is 2. The second-order valence-electron chi connectivity index (χ2n) is 15.5. The predicted molar refractivity (Wildman–Crippen MR) is 179 cm³/mol. The van der Waals surface area contributed by atoms with Gasteiger partial charge in [0.1, 0.15) is 22.4 Å². The minimum absolute atomic E-state index is 0.0428. The highest BCUT2D eigenvalue weighted by Gasteiger charge is 2.65. The van der Waals surface area contributed by atoms with Crippen LogP contribution >= 0.6 is 0 Å². The van der Waals surface area contributed by atoms with Crippen molar-refractivity contribution in [2.24, 2.45) is 17.4 Å². The molecule has 1 atom stereocenters. The fourth-order valence-corrected chi connectivity index (χ4v) is 4.42. The number of amides is 2. The Kier molecular flexibility index (Phi) is 17.7. The predicted octanol–water partition coefficient (Wildman–Crippen LogP) is 4.24. The second-order valence-corrected chi connectivity index (χ2v) is 15.5. The van der Waals surface area contributed by atoms with Crippen LogP contribution in [0.1, 0.15) is 115 Å². The molecule has 0 radical (unpaired) electrons. The van der Waals surface area contributed by atoms with Gasteiger partial charge in [0.05, 0.1) is 0 Å². The summed E-state index contributed by atoms with van der Waals surface area (Å²) < 4.78 is 23.1. The summed E-state index contributed by atoms with van der Waals surface area (Å²) in [6, 6.07) is 0. The second kappa shape index (κ2) is 18.8. The van der Waals surface area contributed by atoms with Gasteiger partial charge in [-0.25, -0.2) is 19.2 Å². The molecule has 0 saturated carbocycles. The van der Waals surface area contributed by atoms with Crippen LogP contribution in [-0.4, -0.2) is 96.2 Å². The van der Waals surface area contributed by atoms with E-state index in [1.807, 2.05) is 0 Å². The van der Waals surface area contributed by atoms with Crippen LogP contribution in [0.5, 0.6) is 0 Å². The molecule has 1 unspecified atom stereocenters. The van der Waals surface area contributed by atoms with Gasteiger partial charge in [-0.2, -0.15) is 4.90 Å². The number of hydrogen-bond acceptors (Lipinski definition) is 12. The lowest BCUT2D eigenvalue weighted by Gasteiger charge is -2.45. The Morgan fingerprint density at radius 2 is 0.935 bits per heavy atom. The van der Waals surface area contributed by atoms with Gasteiger partial charge in [0.25, 0.3) is 5.54 Å². The Morgan fingerprint density at radius 3 is 1.30 bits per heavy atom. The van der Waals surface area contributed by atoms with E-state index in [4.69, 9.17) is 30.4 Å². The Hall–Kier alpha value is -2.48. The van der Waals surface area contributed by atoms with Gasteiger partial charge in [-0.3, -0.25) is 0 Å². The molecule has 6 N–H and O–H groups in total. The summed E-state index contributed by atoms with van der Waals surface area (Å²) in [5.74, 6) is -3.32. The number of rotatable bonds is 17. The molecule has 0 saturated heterocycles. The quantitative estimate of drug-likeness (QED) is 0.0755. The van der Waals surface area contributed by atoms with E-state index in [-0.39, 0.29) is 19.5 Å². The molecule has 0 bridgehead atoms. The summed E-state index contributed by atoms with van der Waals surface area (Å²) in [7, 11) is 0. The Bertz CT molecular complexity index is 905. The lowest BCUT2D eigenvalue weighted by Crippen LogP contribution is -2.71. The van der Waals surface area contributed by atoms with Crippen molar-refractivity contribution in [1.82, 2.24) is 15.5 Å². The van der Waals surface area contributed by atoms with Gasteiger partial charge < -0.3 is 41.0 Å². The van der Waals surface area contributed by atoms with Gasteiger partial charge in [-0.05, 0) is 148 Å². The van der Waals surface area contributed by atoms with Crippen molar-refractivity contribution < 1.29 is 38.1 Å². The van der Waals surface area contributed by atoms with Crippen molar-refractivity contribution in [3.63, 3.8) is 0 Å². The largest absolute Gasteiger partial charge is 0.458 e. The van der Waals surface area contributed by atoms with Crippen molar-refractivity contribution >= 4 is 24.1 Å². The van der Waals surface area contributed by atoms with Crippen LogP contribution in [0.2, 0.25) is 0 Å². The summed E-state index contributed by atoms with van der Waals surface area (Å²) in [6.07, 6.45) is 0.568. The van der Waals surface area contributed by atoms with Gasteiger partial charge >= 0.3 is 24.1 Å². The maximum atomic E-state index is 14.6. The van der Waals surface area contributed by atoms with E-state index in [1.54, 1.807) is 83.1 Å². The average molecular weight is 660 g/mol. The monoisotopic (exact) mass is 659 g/mol. The highest BCUT2D eigenvalue weighted by atomic mass is 16.6. The fourth-order valence-electron chi connectivity index (χ4n) is 4.42. The first kappa shape index (κ1) is 43.5. The summed E-state index contributed by atoms with van der Waals surface area (Å²) in [5.41, 5.74) is 4.40. The fraction of sp³-hybridized carbons (Fsp3) is 0.879. The third-order valence-electron chi connectivity index (χ3n) is 6.18. The van der Waals surface area contributed by atoms with E-state index in [0.29, 0.717) is 24.4 Å². The first-order chi connectivity index (χ1) is 20.9. The summed E-state index contributed by atoms with van der Waals surface area (Å²) in [5, 5.41) is 6.67. The number of ether oxygens (including phenoxy) is 4. The van der Waals surface area contributed by atoms with Crippen molar-refractivity contribution in [1.29, 1.82) is 0 Å². The zero-order valence-electron chi connectivity index (χ0n) is 30.7. The highest BCUT2D eigenvalue weighted by molar-refractivity contribution is 6.12. The van der Waals surface area contributed by atoms with Crippen LogP contribution in [0.3, 0.4) is 0 Å². The minimum atomic E-state index is -2.64. The number of imide groups is 1. The van der Waals surface area contributed by atoms with Crippen LogP contribution < -0.4 is 22.1 Å². The van der Waals surface area contributed by atoms with Crippen molar-refractivity contribution in [3.05, 3.63) is 0 Å². The molecule has 0 heterocycles. The van der Waals surface area contributed by atoms with Crippen LogP contribution in [0.25, 0.3) is 0 Å². The number of carbonyl (C=O) groups excluding carboxylic acids is 4. The molecule has 0 aliphatic carbocycles. The molecule has 2 amide bonds. The van der Waals surface area contributed by atoms with Gasteiger partial charge in [0.15, 0.2) is 0 Å². The molecule has 46 heavy (non-hydrogen) atoms. The van der Waals surface area contributed by atoms with E-state index in [1.165, 1.54) is 0 Å². The molecule has 0 rings (SSSR count). The van der Waals surface area contributed by atoms with Crippen LogP contribution in [0.15, 0.2) is 0 Å². The van der Waals surface area contributed by atoms with E-state index < -0.39 is 58.0 Å². The van der Waals surface area contributed by atoms with E-state index in [9.17, 15) is 19.2 Å². The number of unbranched alkanes of at least 4 members (excludes halogenated alkanes) is 1. The summed E-state index contributed by atoms with van der Waals surface area (Å²) in [4.78, 5) is 57.9. The molecule has 0 aliphatic rings. The molecule has 0 aromatic carbocycles. The van der Waals surface area contributed by atoms with Crippen molar-refractivity contribution in [3.8, 4) is 0 Å². The first-order valence-corrected chi connectivity index (χ1v) is 16.5. The molecule has 0 aliphatic heterocycles. The SMILES string of the molecule is CC(C)(C)OC(=O)N(C(=O)OC(C)(C)C)C(C(=O)OC(C)(C)C)(C(=O)OC(C)(C)C)C(CCCN)CNCCCCNCCCN. The Balaban J connectivity index is 7.32. The Morgan fingerprint density at radius 1 is 0.565 bits per heavy atom. The molecule has 0 aromatic rings. The molecule has 13 heteroatoms. The van der Waals surface area contributed by atoms with Gasteiger partial charge in [0.2, 0.25) is 0 Å². The molecular weight excluding hydrogens is 594 g/mol. The van der Waals surface area contributed by atoms with E-state index in [2.05, 4.69) is 10.6 Å². The number of carbonyl (C=O) groups is 4. The topological polar surface area (TPSA) is 185 Å². The maximum Gasteiger partial charge on any atom is 0.421 e. The van der Waals surface area contributed by atoms with Crippen LogP contribution in [-0.2, 0) is 28.5 Å². The molecular formula is C33H65N5O8. The number of nitrogens with two attached hydrogens (primary N) is 2. The number of hydrogen-bond donors (Lipinski definition) is 4. The van der Waals surface area contributed by atoms with Gasteiger partial charge in [0, 0.05) is 12.5 Å². The normalized spacial score (nSPS) is 13.5. The van der Waals surface area contributed by atoms with Crippen molar-refractivity contribution in [2.45, 2.75) is 143 Å². The number of esters is 2. The van der Waals surface area contributed by atoms with E-state index >= 15 is 0 Å². The average Bonchev–Trinajstić information content (AvgIpc) is 2.83. The first-order valence-electron chi connectivity index (χ1n) is 16.5. The maximum absolute atomic E-state index is 14.6.